The van der Waals surface area contributed by atoms with Crippen LogP contribution >= 0.6 is 11.8 Å². The van der Waals surface area contributed by atoms with E-state index in [9.17, 15) is 9.59 Å². The molecule has 6 heteroatoms. The summed E-state index contributed by atoms with van der Waals surface area (Å²) in [7, 11) is 0. The van der Waals surface area contributed by atoms with Crippen LogP contribution in [0, 0.1) is 0 Å². The fourth-order valence-corrected chi connectivity index (χ4v) is 1.35. The summed E-state index contributed by atoms with van der Waals surface area (Å²) >= 11 is 1.53. The molecular formula is C9H17NO4S. The number of hydrogen-bond donors (Lipinski definition) is 2. The SMILES string of the molecule is CSCC[C@H](NC(=O)OC(C)C)C(=O)O. The molecule has 0 aliphatic carbocycles. The topological polar surface area (TPSA) is 75.6 Å². The summed E-state index contributed by atoms with van der Waals surface area (Å²) in [5, 5.41) is 11.1. The molecule has 0 rings (SSSR count). The lowest BCUT2D eigenvalue weighted by Gasteiger charge is -2.15. The minimum atomic E-state index is -1.04. The summed E-state index contributed by atoms with van der Waals surface area (Å²) in [5.41, 5.74) is 0. The predicted molar refractivity (Wildman–Crippen MR) is 59.2 cm³/mol. The Labute approximate surface area is 93.6 Å². The number of carboxylic acids is 1. The lowest BCUT2D eigenvalue weighted by atomic mass is 10.2. The number of carbonyl (C=O) groups is 2. The van der Waals surface area contributed by atoms with E-state index in [2.05, 4.69) is 5.32 Å². The zero-order chi connectivity index (χ0) is 11.8. The Balaban J connectivity index is 4.04. The van der Waals surface area contributed by atoms with E-state index in [0.717, 1.165) is 0 Å². The summed E-state index contributed by atoms with van der Waals surface area (Å²) in [6.07, 6.45) is 1.34. The number of ether oxygens (including phenoxy) is 1. The van der Waals surface area contributed by atoms with Gasteiger partial charge >= 0.3 is 12.1 Å². The van der Waals surface area contributed by atoms with Crippen molar-refractivity contribution < 1.29 is 19.4 Å². The maximum Gasteiger partial charge on any atom is 0.408 e. The van der Waals surface area contributed by atoms with Crippen molar-refractivity contribution in [1.29, 1.82) is 0 Å². The molecule has 0 aliphatic heterocycles. The molecule has 1 atom stereocenters. The first-order valence-corrected chi connectivity index (χ1v) is 6.05. The number of thioether (sulfide) groups is 1. The highest BCUT2D eigenvalue weighted by atomic mass is 32.2. The van der Waals surface area contributed by atoms with Crippen molar-refractivity contribution in [1.82, 2.24) is 5.32 Å². The molecule has 2 N–H and O–H groups in total. The Hall–Kier alpha value is -0.910. The van der Waals surface area contributed by atoms with Gasteiger partial charge in [0.25, 0.3) is 0 Å². The second-order valence-electron chi connectivity index (χ2n) is 3.27. The lowest BCUT2D eigenvalue weighted by Crippen LogP contribution is -2.42. The van der Waals surface area contributed by atoms with E-state index in [4.69, 9.17) is 9.84 Å². The van der Waals surface area contributed by atoms with Crippen molar-refractivity contribution in [2.45, 2.75) is 32.4 Å². The number of amides is 1. The minimum absolute atomic E-state index is 0.250. The molecule has 88 valence electrons. The molecule has 0 unspecified atom stereocenters. The molecule has 0 heterocycles. The van der Waals surface area contributed by atoms with E-state index in [1.165, 1.54) is 11.8 Å². The number of aliphatic carboxylic acids is 1. The second-order valence-corrected chi connectivity index (χ2v) is 4.26. The van der Waals surface area contributed by atoms with Crippen LogP contribution < -0.4 is 5.32 Å². The third kappa shape index (κ3) is 7.07. The molecule has 0 saturated carbocycles. The number of alkyl carbamates (subject to hydrolysis) is 1. The van der Waals surface area contributed by atoms with Gasteiger partial charge in [0.05, 0.1) is 6.10 Å². The second kappa shape index (κ2) is 7.39. The Kier molecular flexibility index (Phi) is 6.94. The van der Waals surface area contributed by atoms with E-state index in [1.807, 2.05) is 6.26 Å². The van der Waals surface area contributed by atoms with Crippen LogP contribution in [0.4, 0.5) is 4.79 Å². The normalized spacial score (nSPS) is 12.3. The van der Waals surface area contributed by atoms with Gasteiger partial charge in [-0.25, -0.2) is 9.59 Å². The van der Waals surface area contributed by atoms with E-state index in [-0.39, 0.29) is 6.10 Å². The van der Waals surface area contributed by atoms with Crippen molar-refractivity contribution >= 4 is 23.8 Å². The third-order valence-corrected chi connectivity index (χ3v) is 2.19. The maximum absolute atomic E-state index is 11.1. The van der Waals surface area contributed by atoms with Gasteiger partial charge < -0.3 is 15.2 Å². The molecule has 0 saturated heterocycles. The number of nitrogens with one attached hydrogen (secondary N) is 1. The fourth-order valence-electron chi connectivity index (χ4n) is 0.883. The molecule has 5 nitrogen and oxygen atoms in total. The average Bonchev–Trinajstić information content (AvgIpc) is 2.10. The van der Waals surface area contributed by atoms with Gasteiger partial charge in [-0.3, -0.25) is 0 Å². The van der Waals surface area contributed by atoms with Gasteiger partial charge in [-0.05, 0) is 32.3 Å². The van der Waals surface area contributed by atoms with E-state index >= 15 is 0 Å². The van der Waals surface area contributed by atoms with Gasteiger partial charge in [-0.1, -0.05) is 0 Å². The smallest absolute Gasteiger partial charge is 0.408 e. The summed E-state index contributed by atoms with van der Waals surface area (Å²) in [5.74, 6) is -0.358. The number of carboxylic acid groups (broad SMARTS) is 1. The Morgan fingerprint density at radius 2 is 2.07 bits per heavy atom. The highest BCUT2D eigenvalue weighted by molar-refractivity contribution is 7.98. The Bertz CT molecular complexity index is 220. The van der Waals surface area contributed by atoms with Crippen LogP contribution in [0.3, 0.4) is 0 Å². The van der Waals surface area contributed by atoms with Crippen LogP contribution in [0.2, 0.25) is 0 Å². The van der Waals surface area contributed by atoms with Crippen molar-refractivity contribution in [3.05, 3.63) is 0 Å². The summed E-state index contributed by atoms with van der Waals surface area (Å²) in [6.45, 7) is 3.41. The average molecular weight is 235 g/mol. The molecule has 0 aliphatic rings. The van der Waals surface area contributed by atoms with Crippen LogP contribution in [0.25, 0.3) is 0 Å². The maximum atomic E-state index is 11.1. The fraction of sp³-hybridized carbons (Fsp3) is 0.778. The highest BCUT2D eigenvalue weighted by Crippen LogP contribution is 2.01. The molecular weight excluding hydrogens is 218 g/mol. The zero-order valence-electron chi connectivity index (χ0n) is 9.15. The Morgan fingerprint density at radius 3 is 2.47 bits per heavy atom. The first-order chi connectivity index (χ1) is 6.97. The summed E-state index contributed by atoms with van der Waals surface area (Å²) < 4.78 is 4.79. The van der Waals surface area contributed by atoms with Gasteiger partial charge in [-0.15, -0.1) is 0 Å². The van der Waals surface area contributed by atoms with E-state index in [1.54, 1.807) is 13.8 Å². The van der Waals surface area contributed by atoms with Crippen molar-refractivity contribution in [3.8, 4) is 0 Å². The molecule has 0 spiro atoms. The molecule has 0 radical (unpaired) electrons. The Morgan fingerprint density at radius 1 is 1.47 bits per heavy atom. The van der Waals surface area contributed by atoms with Crippen LogP contribution in [-0.2, 0) is 9.53 Å². The monoisotopic (exact) mass is 235 g/mol. The van der Waals surface area contributed by atoms with Gasteiger partial charge in [0.2, 0.25) is 0 Å². The summed E-state index contributed by atoms with van der Waals surface area (Å²) in [4.78, 5) is 21.9. The third-order valence-electron chi connectivity index (χ3n) is 1.54. The first kappa shape index (κ1) is 14.1. The van der Waals surface area contributed by atoms with Crippen LogP contribution in [0.5, 0.6) is 0 Å². The molecule has 15 heavy (non-hydrogen) atoms. The molecule has 0 fully saturated rings. The molecule has 0 aromatic rings. The standard InChI is InChI=1S/C9H17NO4S/c1-6(2)14-9(13)10-7(8(11)12)4-5-15-3/h6-7H,4-5H2,1-3H3,(H,10,13)(H,11,12)/t7-/m0/s1. The van der Waals surface area contributed by atoms with E-state index in [0.29, 0.717) is 12.2 Å². The van der Waals surface area contributed by atoms with Gasteiger partial charge in [0.1, 0.15) is 6.04 Å². The number of carbonyl (C=O) groups excluding carboxylic acids is 1. The molecule has 0 aromatic carbocycles. The number of rotatable bonds is 6. The minimum Gasteiger partial charge on any atom is -0.480 e. The van der Waals surface area contributed by atoms with Crippen molar-refractivity contribution in [2.75, 3.05) is 12.0 Å². The lowest BCUT2D eigenvalue weighted by molar-refractivity contribution is -0.139. The number of hydrogen-bond acceptors (Lipinski definition) is 4. The molecule has 0 bridgehead atoms. The quantitative estimate of drug-likeness (QED) is 0.726. The predicted octanol–water partition coefficient (Wildman–Crippen LogP) is 1.33. The van der Waals surface area contributed by atoms with Crippen molar-refractivity contribution in [3.63, 3.8) is 0 Å². The van der Waals surface area contributed by atoms with Gasteiger partial charge in [-0.2, -0.15) is 11.8 Å². The van der Waals surface area contributed by atoms with Crippen molar-refractivity contribution in [2.24, 2.45) is 0 Å². The molecule has 1 amide bonds. The first-order valence-electron chi connectivity index (χ1n) is 4.66. The molecule has 0 aromatic heterocycles. The van der Waals surface area contributed by atoms with E-state index < -0.39 is 18.1 Å². The van der Waals surface area contributed by atoms with Crippen LogP contribution in [0.15, 0.2) is 0 Å². The largest absolute Gasteiger partial charge is 0.480 e. The highest BCUT2D eigenvalue weighted by Gasteiger charge is 2.20. The van der Waals surface area contributed by atoms with Gasteiger partial charge in [0.15, 0.2) is 0 Å². The summed E-state index contributed by atoms with van der Waals surface area (Å²) in [6, 6.07) is -0.872. The van der Waals surface area contributed by atoms with Crippen LogP contribution in [-0.4, -0.2) is 41.3 Å². The zero-order valence-corrected chi connectivity index (χ0v) is 9.97. The van der Waals surface area contributed by atoms with Gasteiger partial charge in [0, 0.05) is 0 Å². The van der Waals surface area contributed by atoms with Crippen LogP contribution in [0.1, 0.15) is 20.3 Å².